The molecular formula is C27H20BrN3O4. The molecule has 0 unspecified atom stereocenters. The van der Waals surface area contributed by atoms with Gasteiger partial charge in [0.25, 0.3) is 0 Å². The summed E-state index contributed by atoms with van der Waals surface area (Å²) in [5.74, 6) is -2.07. The summed E-state index contributed by atoms with van der Waals surface area (Å²) in [6.45, 7) is 1.82. The summed E-state index contributed by atoms with van der Waals surface area (Å²) in [6.07, 6.45) is 1.30. The fraction of sp³-hybridized carbons (Fsp3) is 0.0370. The Morgan fingerprint density at radius 2 is 1.63 bits per heavy atom. The van der Waals surface area contributed by atoms with Crippen LogP contribution in [0.5, 0.6) is 5.75 Å². The molecule has 8 heteroatoms. The van der Waals surface area contributed by atoms with Gasteiger partial charge in [-0.05, 0) is 48.2 Å². The van der Waals surface area contributed by atoms with Crippen LogP contribution in [-0.4, -0.2) is 24.0 Å². The first kappa shape index (κ1) is 23.8. The number of esters is 1. The summed E-state index contributed by atoms with van der Waals surface area (Å²) in [5.41, 5.74) is 4.38. The second-order valence-corrected chi connectivity index (χ2v) is 8.48. The Balaban J connectivity index is 1.44. The Labute approximate surface area is 209 Å². The van der Waals surface area contributed by atoms with Gasteiger partial charge in [0.2, 0.25) is 0 Å². The van der Waals surface area contributed by atoms with E-state index in [0.717, 1.165) is 20.8 Å². The second-order valence-electron chi connectivity index (χ2n) is 7.57. The number of carbonyl (C=O) groups is 3. The van der Waals surface area contributed by atoms with Gasteiger partial charge in [-0.15, -0.1) is 0 Å². The number of fused-ring (bicyclic) bond motifs is 1. The van der Waals surface area contributed by atoms with Gasteiger partial charge in [0, 0.05) is 21.1 Å². The van der Waals surface area contributed by atoms with Gasteiger partial charge in [-0.1, -0.05) is 70.5 Å². The SMILES string of the molecule is Cc1ccccc1C(=O)Oc1ccc(Br)cc1/C=N/NC(=O)C(=O)Nc1cccc2ccccc12. The van der Waals surface area contributed by atoms with Gasteiger partial charge < -0.3 is 10.1 Å². The summed E-state index contributed by atoms with van der Waals surface area (Å²) in [6, 6.07) is 25.0. The average molecular weight is 530 g/mol. The molecule has 0 aliphatic carbocycles. The summed E-state index contributed by atoms with van der Waals surface area (Å²) < 4.78 is 6.27. The lowest BCUT2D eigenvalue weighted by molar-refractivity contribution is -0.136. The number of carbonyl (C=O) groups excluding carboxylic acids is 3. The Morgan fingerprint density at radius 3 is 2.46 bits per heavy atom. The molecule has 35 heavy (non-hydrogen) atoms. The van der Waals surface area contributed by atoms with Crippen molar-refractivity contribution < 1.29 is 19.1 Å². The third-order valence-corrected chi connectivity index (χ3v) is 5.65. The minimum Gasteiger partial charge on any atom is -0.422 e. The Kier molecular flexibility index (Phi) is 7.32. The molecule has 2 N–H and O–H groups in total. The smallest absolute Gasteiger partial charge is 0.343 e. The van der Waals surface area contributed by atoms with Crippen molar-refractivity contribution in [3.63, 3.8) is 0 Å². The van der Waals surface area contributed by atoms with Crippen molar-refractivity contribution in [1.29, 1.82) is 0 Å². The van der Waals surface area contributed by atoms with Crippen LogP contribution in [0.4, 0.5) is 5.69 Å². The van der Waals surface area contributed by atoms with Crippen LogP contribution in [0.2, 0.25) is 0 Å². The molecule has 0 aliphatic heterocycles. The second kappa shape index (κ2) is 10.8. The number of ether oxygens (including phenoxy) is 1. The summed E-state index contributed by atoms with van der Waals surface area (Å²) in [7, 11) is 0. The first-order valence-electron chi connectivity index (χ1n) is 10.6. The number of anilines is 1. The van der Waals surface area contributed by atoms with Gasteiger partial charge in [0.05, 0.1) is 11.8 Å². The third-order valence-electron chi connectivity index (χ3n) is 5.15. The number of hydrogen-bond acceptors (Lipinski definition) is 5. The molecule has 0 aliphatic rings. The minimum absolute atomic E-state index is 0.250. The predicted molar refractivity (Wildman–Crippen MR) is 139 cm³/mol. The quantitative estimate of drug-likeness (QED) is 0.122. The Hall–Kier alpha value is -4.30. The van der Waals surface area contributed by atoms with Crippen LogP contribution in [-0.2, 0) is 9.59 Å². The van der Waals surface area contributed by atoms with Crippen molar-refractivity contribution in [2.45, 2.75) is 6.92 Å². The number of benzene rings is 4. The lowest BCUT2D eigenvalue weighted by atomic mass is 10.1. The van der Waals surface area contributed by atoms with Crippen LogP contribution in [0.1, 0.15) is 21.5 Å². The van der Waals surface area contributed by atoms with Crippen LogP contribution in [0, 0.1) is 6.92 Å². The lowest BCUT2D eigenvalue weighted by Crippen LogP contribution is -2.32. The maximum atomic E-state index is 12.6. The van der Waals surface area contributed by atoms with E-state index in [2.05, 4.69) is 31.8 Å². The van der Waals surface area contributed by atoms with E-state index in [-0.39, 0.29) is 5.75 Å². The highest BCUT2D eigenvalue weighted by atomic mass is 79.9. The maximum absolute atomic E-state index is 12.6. The van der Waals surface area contributed by atoms with Gasteiger partial charge in [0.15, 0.2) is 0 Å². The zero-order chi connectivity index (χ0) is 24.8. The van der Waals surface area contributed by atoms with Crippen molar-refractivity contribution in [1.82, 2.24) is 5.43 Å². The Morgan fingerprint density at radius 1 is 0.886 bits per heavy atom. The molecule has 4 aromatic carbocycles. The molecule has 0 aromatic heterocycles. The minimum atomic E-state index is -0.942. The molecule has 174 valence electrons. The van der Waals surface area contributed by atoms with Gasteiger partial charge in [-0.3, -0.25) is 9.59 Å². The average Bonchev–Trinajstić information content (AvgIpc) is 2.86. The summed E-state index contributed by atoms with van der Waals surface area (Å²) in [4.78, 5) is 37.3. The van der Waals surface area contributed by atoms with E-state index in [1.54, 1.807) is 42.5 Å². The number of aryl methyl sites for hydroxylation is 1. The van der Waals surface area contributed by atoms with Crippen LogP contribution in [0.15, 0.2) is 94.5 Å². The first-order chi connectivity index (χ1) is 16.9. The van der Waals surface area contributed by atoms with Crippen LogP contribution in [0.25, 0.3) is 10.8 Å². The molecule has 4 rings (SSSR count). The molecule has 4 aromatic rings. The zero-order valence-corrected chi connectivity index (χ0v) is 20.2. The molecule has 0 bridgehead atoms. The van der Waals surface area contributed by atoms with E-state index >= 15 is 0 Å². The molecular weight excluding hydrogens is 510 g/mol. The van der Waals surface area contributed by atoms with E-state index in [4.69, 9.17) is 4.74 Å². The van der Waals surface area contributed by atoms with Crippen LogP contribution < -0.4 is 15.5 Å². The maximum Gasteiger partial charge on any atom is 0.343 e. The molecule has 0 heterocycles. The molecule has 2 amide bonds. The standard InChI is InChI=1S/C27H20BrN3O4/c1-17-7-2-4-10-21(17)27(34)35-24-14-13-20(28)15-19(24)16-29-31-26(33)25(32)30-23-12-6-9-18-8-3-5-11-22(18)23/h2-16H,1H3,(H,30,32)(H,31,33)/b29-16+. The number of rotatable bonds is 5. The van der Waals surface area contributed by atoms with Gasteiger partial charge in [-0.2, -0.15) is 5.10 Å². The van der Waals surface area contributed by atoms with Crippen molar-refractivity contribution in [2.75, 3.05) is 5.32 Å². The number of amides is 2. The van der Waals surface area contributed by atoms with Crippen molar-refractivity contribution in [3.05, 3.63) is 106 Å². The van der Waals surface area contributed by atoms with Crippen LogP contribution >= 0.6 is 15.9 Å². The van der Waals surface area contributed by atoms with Gasteiger partial charge >= 0.3 is 17.8 Å². The fourth-order valence-corrected chi connectivity index (χ4v) is 3.77. The normalized spacial score (nSPS) is 10.8. The number of nitrogens with one attached hydrogen (secondary N) is 2. The highest BCUT2D eigenvalue weighted by molar-refractivity contribution is 9.10. The van der Waals surface area contributed by atoms with Crippen molar-refractivity contribution >= 4 is 56.4 Å². The largest absolute Gasteiger partial charge is 0.422 e. The fourth-order valence-electron chi connectivity index (χ4n) is 3.39. The monoisotopic (exact) mass is 529 g/mol. The molecule has 0 fully saturated rings. The van der Waals surface area contributed by atoms with Crippen LogP contribution in [0.3, 0.4) is 0 Å². The lowest BCUT2D eigenvalue weighted by Gasteiger charge is -2.09. The summed E-state index contributed by atoms with van der Waals surface area (Å²) >= 11 is 3.37. The number of hydrazone groups is 1. The molecule has 0 saturated heterocycles. The van der Waals surface area contributed by atoms with E-state index in [1.165, 1.54) is 6.21 Å². The van der Waals surface area contributed by atoms with Crippen molar-refractivity contribution in [3.8, 4) is 5.75 Å². The van der Waals surface area contributed by atoms with Gasteiger partial charge in [0.1, 0.15) is 5.75 Å². The van der Waals surface area contributed by atoms with E-state index in [9.17, 15) is 14.4 Å². The number of hydrogen-bond donors (Lipinski definition) is 2. The Bertz CT molecular complexity index is 1460. The number of nitrogens with zero attached hydrogens (tertiary/aromatic N) is 1. The topological polar surface area (TPSA) is 96.9 Å². The molecule has 0 atom stereocenters. The number of halogens is 1. The molecule has 7 nitrogen and oxygen atoms in total. The summed E-state index contributed by atoms with van der Waals surface area (Å²) in [5, 5.41) is 8.22. The van der Waals surface area contributed by atoms with E-state index in [1.807, 2.05) is 49.4 Å². The van der Waals surface area contributed by atoms with E-state index < -0.39 is 17.8 Å². The predicted octanol–water partition coefficient (Wildman–Crippen LogP) is 5.22. The zero-order valence-electron chi connectivity index (χ0n) is 18.6. The van der Waals surface area contributed by atoms with Gasteiger partial charge in [-0.25, -0.2) is 10.2 Å². The molecule has 0 spiro atoms. The third kappa shape index (κ3) is 5.80. The molecule has 0 radical (unpaired) electrons. The highest BCUT2D eigenvalue weighted by Crippen LogP contribution is 2.24. The highest BCUT2D eigenvalue weighted by Gasteiger charge is 2.16. The molecule has 0 saturated carbocycles. The van der Waals surface area contributed by atoms with E-state index in [0.29, 0.717) is 16.8 Å². The van der Waals surface area contributed by atoms with Crippen molar-refractivity contribution in [2.24, 2.45) is 5.10 Å². The first-order valence-corrected chi connectivity index (χ1v) is 11.4.